The summed E-state index contributed by atoms with van der Waals surface area (Å²) in [6.45, 7) is 7.98. The molecule has 0 fully saturated rings. The number of ether oxygens (including phenoxy) is 1. The Balaban J connectivity index is 5.58. The highest BCUT2D eigenvalue weighted by Gasteiger charge is 2.49. The standard InChI is InChI=1S/C16H23F3O3/c1-6-8-9-10-11(7-2)12(13(20)16(17,18)19)14(21)22-15(3,4)5/h6,8-12H,7H2,1-5H3/b8-6+,10-9+/t11?,12-/m0/s1. The number of allylic oxidation sites excluding steroid dienone is 4. The van der Waals surface area contributed by atoms with Crippen LogP contribution in [0, 0.1) is 11.8 Å². The molecule has 6 heteroatoms. The van der Waals surface area contributed by atoms with E-state index in [-0.39, 0.29) is 6.42 Å². The summed E-state index contributed by atoms with van der Waals surface area (Å²) in [4.78, 5) is 23.7. The van der Waals surface area contributed by atoms with Gasteiger partial charge in [-0.1, -0.05) is 31.2 Å². The number of carbonyl (C=O) groups is 2. The lowest BCUT2D eigenvalue weighted by Crippen LogP contribution is -2.42. The Kier molecular flexibility index (Phi) is 7.56. The average molecular weight is 320 g/mol. The summed E-state index contributed by atoms with van der Waals surface area (Å²) >= 11 is 0. The lowest BCUT2D eigenvalue weighted by atomic mass is 9.85. The Labute approximate surface area is 129 Å². The van der Waals surface area contributed by atoms with Crippen LogP contribution in [0.5, 0.6) is 0 Å². The molecule has 0 saturated heterocycles. The lowest BCUT2D eigenvalue weighted by Gasteiger charge is -2.27. The second-order valence-electron chi connectivity index (χ2n) is 5.86. The maximum atomic E-state index is 12.8. The van der Waals surface area contributed by atoms with E-state index < -0.39 is 35.4 Å². The molecule has 0 heterocycles. The van der Waals surface area contributed by atoms with Crippen molar-refractivity contribution in [1.29, 1.82) is 0 Å². The minimum atomic E-state index is -5.08. The first-order chi connectivity index (χ1) is 9.94. The van der Waals surface area contributed by atoms with Crippen LogP contribution in [0.4, 0.5) is 13.2 Å². The Bertz CT molecular complexity index is 443. The highest BCUT2D eigenvalue weighted by atomic mass is 19.4. The molecule has 0 radical (unpaired) electrons. The van der Waals surface area contributed by atoms with Crippen molar-refractivity contribution in [3.05, 3.63) is 24.3 Å². The molecule has 0 aliphatic rings. The van der Waals surface area contributed by atoms with Crippen molar-refractivity contribution in [1.82, 2.24) is 0 Å². The first-order valence-corrected chi connectivity index (χ1v) is 7.07. The van der Waals surface area contributed by atoms with Gasteiger partial charge >= 0.3 is 12.1 Å². The van der Waals surface area contributed by atoms with Crippen LogP contribution in [0.15, 0.2) is 24.3 Å². The zero-order valence-electron chi connectivity index (χ0n) is 13.5. The number of ketones is 1. The van der Waals surface area contributed by atoms with Crippen molar-refractivity contribution < 1.29 is 27.5 Å². The van der Waals surface area contributed by atoms with Crippen LogP contribution < -0.4 is 0 Å². The highest BCUT2D eigenvalue weighted by Crippen LogP contribution is 2.30. The number of rotatable bonds is 6. The Hall–Kier alpha value is -1.59. The van der Waals surface area contributed by atoms with E-state index >= 15 is 0 Å². The van der Waals surface area contributed by atoms with Gasteiger partial charge in [-0.25, -0.2) is 0 Å². The Morgan fingerprint density at radius 3 is 2.05 bits per heavy atom. The molecular weight excluding hydrogens is 297 g/mol. The molecule has 126 valence electrons. The fourth-order valence-electron chi connectivity index (χ4n) is 1.82. The molecule has 0 aromatic heterocycles. The van der Waals surface area contributed by atoms with Crippen LogP contribution in [-0.2, 0) is 14.3 Å². The van der Waals surface area contributed by atoms with E-state index in [2.05, 4.69) is 0 Å². The van der Waals surface area contributed by atoms with E-state index in [1.165, 1.54) is 32.9 Å². The van der Waals surface area contributed by atoms with Crippen LogP contribution in [0.1, 0.15) is 41.0 Å². The first-order valence-electron chi connectivity index (χ1n) is 7.07. The maximum absolute atomic E-state index is 12.8. The minimum Gasteiger partial charge on any atom is -0.459 e. The van der Waals surface area contributed by atoms with Crippen molar-refractivity contribution in [2.75, 3.05) is 0 Å². The van der Waals surface area contributed by atoms with Gasteiger partial charge in [-0.2, -0.15) is 13.2 Å². The third-order valence-corrected chi connectivity index (χ3v) is 2.78. The molecule has 2 atom stereocenters. The molecule has 1 unspecified atom stereocenters. The van der Waals surface area contributed by atoms with E-state index in [1.807, 2.05) is 0 Å². The molecule has 3 nitrogen and oxygen atoms in total. The molecule has 22 heavy (non-hydrogen) atoms. The van der Waals surface area contributed by atoms with Crippen LogP contribution in [-0.4, -0.2) is 23.5 Å². The predicted octanol–water partition coefficient (Wildman–Crippen LogP) is 4.23. The molecule has 0 N–H and O–H groups in total. The van der Waals surface area contributed by atoms with Gasteiger partial charge in [0.05, 0.1) is 0 Å². The van der Waals surface area contributed by atoms with Gasteiger partial charge in [0.25, 0.3) is 5.78 Å². The SMILES string of the molecule is C/C=C/C=C/C(CC)[C@H](C(=O)OC(C)(C)C)C(=O)C(F)(F)F. The predicted molar refractivity (Wildman–Crippen MR) is 78.1 cm³/mol. The third kappa shape index (κ3) is 6.91. The summed E-state index contributed by atoms with van der Waals surface area (Å²) in [6, 6.07) is 0. The zero-order valence-corrected chi connectivity index (χ0v) is 13.5. The van der Waals surface area contributed by atoms with Crippen molar-refractivity contribution in [2.45, 2.75) is 52.8 Å². The molecular formula is C16H23F3O3. The molecule has 0 aromatic rings. The number of esters is 1. The van der Waals surface area contributed by atoms with Gasteiger partial charge in [-0.3, -0.25) is 9.59 Å². The van der Waals surface area contributed by atoms with Gasteiger partial charge in [-0.05, 0) is 40.0 Å². The van der Waals surface area contributed by atoms with E-state index in [9.17, 15) is 22.8 Å². The van der Waals surface area contributed by atoms with Gasteiger partial charge in [-0.15, -0.1) is 0 Å². The summed E-state index contributed by atoms with van der Waals surface area (Å²) in [7, 11) is 0. The number of hydrogen-bond donors (Lipinski definition) is 0. The van der Waals surface area contributed by atoms with Crippen molar-refractivity contribution in [3.8, 4) is 0 Å². The molecule has 0 spiro atoms. The number of Topliss-reactive ketones (excluding diaryl/α,β-unsaturated/α-hetero) is 1. The van der Waals surface area contributed by atoms with Crippen molar-refractivity contribution in [2.24, 2.45) is 11.8 Å². The summed E-state index contributed by atoms with van der Waals surface area (Å²) in [6.07, 6.45) is 1.39. The van der Waals surface area contributed by atoms with E-state index in [0.717, 1.165) is 0 Å². The topological polar surface area (TPSA) is 43.4 Å². The quantitative estimate of drug-likeness (QED) is 0.418. The van der Waals surface area contributed by atoms with Gasteiger partial charge in [0.2, 0.25) is 0 Å². The average Bonchev–Trinajstić information content (AvgIpc) is 2.33. The van der Waals surface area contributed by atoms with Gasteiger partial charge in [0, 0.05) is 0 Å². The number of halogens is 3. The highest BCUT2D eigenvalue weighted by molar-refractivity contribution is 6.02. The van der Waals surface area contributed by atoms with Crippen LogP contribution in [0.3, 0.4) is 0 Å². The molecule has 0 amide bonds. The second-order valence-corrected chi connectivity index (χ2v) is 5.86. The monoisotopic (exact) mass is 320 g/mol. The van der Waals surface area contributed by atoms with Crippen LogP contribution in [0.25, 0.3) is 0 Å². The summed E-state index contributed by atoms with van der Waals surface area (Å²) < 4.78 is 43.3. The Morgan fingerprint density at radius 1 is 1.14 bits per heavy atom. The number of alkyl halides is 3. The van der Waals surface area contributed by atoms with Crippen molar-refractivity contribution >= 4 is 11.8 Å². The van der Waals surface area contributed by atoms with E-state index in [0.29, 0.717) is 0 Å². The molecule has 0 rings (SSSR count). The second kappa shape index (κ2) is 8.15. The van der Waals surface area contributed by atoms with Crippen molar-refractivity contribution in [3.63, 3.8) is 0 Å². The van der Waals surface area contributed by atoms with E-state index in [4.69, 9.17) is 4.74 Å². The fraction of sp³-hybridized carbons (Fsp3) is 0.625. The molecule has 0 bridgehead atoms. The molecule has 0 aliphatic heterocycles. The third-order valence-electron chi connectivity index (χ3n) is 2.78. The zero-order chi connectivity index (χ0) is 17.6. The molecule has 0 aliphatic carbocycles. The summed E-state index contributed by atoms with van der Waals surface area (Å²) in [5, 5.41) is 0. The van der Waals surface area contributed by atoms with Crippen LogP contribution >= 0.6 is 0 Å². The number of hydrogen-bond acceptors (Lipinski definition) is 3. The normalized spacial score (nSPS) is 16.0. The summed E-state index contributed by atoms with van der Waals surface area (Å²) in [5.41, 5.74) is -0.966. The van der Waals surface area contributed by atoms with E-state index in [1.54, 1.807) is 26.0 Å². The number of carbonyl (C=O) groups excluding carboxylic acids is 2. The van der Waals surface area contributed by atoms with Gasteiger partial charge in [0.1, 0.15) is 11.5 Å². The maximum Gasteiger partial charge on any atom is 0.450 e. The smallest absolute Gasteiger partial charge is 0.450 e. The fourth-order valence-corrected chi connectivity index (χ4v) is 1.82. The van der Waals surface area contributed by atoms with Gasteiger partial charge < -0.3 is 4.74 Å². The molecule has 0 saturated carbocycles. The summed E-state index contributed by atoms with van der Waals surface area (Å²) in [5.74, 6) is -5.98. The van der Waals surface area contributed by atoms with Gasteiger partial charge in [0.15, 0.2) is 0 Å². The molecule has 0 aromatic carbocycles. The lowest BCUT2D eigenvalue weighted by molar-refractivity contribution is -0.186. The first kappa shape index (κ1) is 20.4. The minimum absolute atomic E-state index is 0.208. The largest absolute Gasteiger partial charge is 0.459 e. The Morgan fingerprint density at radius 2 is 1.68 bits per heavy atom. The van der Waals surface area contributed by atoms with Crippen LogP contribution in [0.2, 0.25) is 0 Å².